The summed E-state index contributed by atoms with van der Waals surface area (Å²) in [5, 5.41) is 3.46. The molecular weight excluding hydrogens is 298 g/mol. The second kappa shape index (κ2) is 5.56. The lowest BCUT2D eigenvalue weighted by Crippen LogP contribution is -2.05. The Bertz CT molecular complexity index is 498. The first kappa shape index (κ1) is 12.5. The van der Waals surface area contributed by atoms with Crippen molar-refractivity contribution in [2.75, 3.05) is 12.4 Å². The number of rotatable bonds is 4. The molecule has 0 aliphatic heterocycles. The van der Waals surface area contributed by atoms with Crippen molar-refractivity contribution in [3.05, 3.63) is 45.1 Å². The lowest BCUT2D eigenvalue weighted by molar-refractivity contribution is 0.416. The number of methoxy groups -OCH3 is 1. The van der Waals surface area contributed by atoms with Gasteiger partial charge in [0.05, 0.1) is 22.6 Å². The third-order valence-electron chi connectivity index (χ3n) is 2.50. The molecule has 0 spiro atoms. The van der Waals surface area contributed by atoms with Gasteiger partial charge in [0, 0.05) is 4.88 Å². The molecule has 0 saturated carbocycles. The molecule has 0 aliphatic carbocycles. The van der Waals surface area contributed by atoms with Crippen LogP contribution in [0.15, 0.2) is 40.2 Å². The van der Waals surface area contributed by atoms with Gasteiger partial charge >= 0.3 is 0 Å². The van der Waals surface area contributed by atoms with Crippen molar-refractivity contribution in [2.24, 2.45) is 0 Å². The lowest BCUT2D eigenvalue weighted by Gasteiger charge is -2.16. The third-order valence-corrected chi connectivity index (χ3v) is 4.31. The summed E-state index contributed by atoms with van der Waals surface area (Å²) in [5.74, 6) is 0.870. The minimum Gasteiger partial charge on any atom is -0.495 e. The van der Waals surface area contributed by atoms with Gasteiger partial charge < -0.3 is 10.1 Å². The zero-order chi connectivity index (χ0) is 12.3. The smallest absolute Gasteiger partial charge is 0.141 e. The molecule has 2 nitrogen and oxygen atoms in total. The predicted molar refractivity (Wildman–Crippen MR) is 77.1 cm³/mol. The summed E-state index contributed by atoms with van der Waals surface area (Å²) in [6, 6.07) is 12.4. The number of thiophene rings is 1. The average Bonchev–Trinajstić information content (AvgIpc) is 2.77. The van der Waals surface area contributed by atoms with Crippen LogP contribution < -0.4 is 10.1 Å². The van der Waals surface area contributed by atoms with E-state index in [0.717, 1.165) is 15.2 Å². The Hall–Kier alpha value is -1.000. The summed E-state index contributed by atoms with van der Waals surface area (Å²) in [7, 11) is 1.69. The van der Waals surface area contributed by atoms with E-state index in [4.69, 9.17) is 4.74 Å². The molecule has 4 heteroatoms. The Balaban J connectivity index is 2.15. The zero-order valence-electron chi connectivity index (χ0n) is 9.74. The fourth-order valence-electron chi connectivity index (χ4n) is 1.63. The normalized spacial score (nSPS) is 12.2. The maximum Gasteiger partial charge on any atom is 0.141 e. The molecule has 1 aromatic heterocycles. The van der Waals surface area contributed by atoms with Crippen molar-refractivity contribution in [2.45, 2.75) is 13.0 Å². The van der Waals surface area contributed by atoms with Crippen LogP contribution in [0, 0.1) is 0 Å². The molecule has 1 atom stereocenters. The first-order valence-corrected chi connectivity index (χ1v) is 6.96. The number of para-hydroxylation sites is 2. The van der Waals surface area contributed by atoms with Crippen LogP contribution in [0.3, 0.4) is 0 Å². The van der Waals surface area contributed by atoms with Gasteiger partial charge in [0.15, 0.2) is 0 Å². The van der Waals surface area contributed by atoms with Gasteiger partial charge in [0.2, 0.25) is 0 Å². The summed E-state index contributed by atoms with van der Waals surface area (Å²) in [5.41, 5.74) is 1.02. The number of ether oxygens (including phenoxy) is 1. The molecule has 0 saturated heterocycles. The number of benzene rings is 1. The molecule has 2 rings (SSSR count). The van der Waals surface area contributed by atoms with Gasteiger partial charge in [0.1, 0.15) is 5.75 Å². The minimum absolute atomic E-state index is 0.266. The van der Waals surface area contributed by atoms with Gasteiger partial charge in [-0.05, 0) is 47.1 Å². The number of halogens is 1. The number of hydrogen-bond donors (Lipinski definition) is 1. The minimum atomic E-state index is 0.266. The van der Waals surface area contributed by atoms with Gasteiger partial charge in [-0.25, -0.2) is 0 Å². The highest BCUT2D eigenvalue weighted by molar-refractivity contribution is 9.11. The highest BCUT2D eigenvalue weighted by Crippen LogP contribution is 2.32. The van der Waals surface area contributed by atoms with Gasteiger partial charge in [-0.3, -0.25) is 0 Å². The SMILES string of the molecule is COc1ccccc1NC(C)c1ccc(Br)s1. The Morgan fingerprint density at radius 2 is 2.00 bits per heavy atom. The van der Waals surface area contributed by atoms with Gasteiger partial charge in [-0.2, -0.15) is 0 Å². The molecule has 0 amide bonds. The average molecular weight is 312 g/mol. The Morgan fingerprint density at radius 3 is 2.65 bits per heavy atom. The van der Waals surface area contributed by atoms with Gasteiger partial charge in [0.25, 0.3) is 0 Å². The Kier molecular flexibility index (Phi) is 4.07. The second-order valence-corrected chi connectivity index (χ2v) is 6.20. The van der Waals surface area contributed by atoms with E-state index in [-0.39, 0.29) is 6.04 Å². The van der Waals surface area contributed by atoms with Crippen molar-refractivity contribution in [3.8, 4) is 5.75 Å². The third kappa shape index (κ3) is 3.01. The molecule has 1 aromatic carbocycles. The van der Waals surface area contributed by atoms with E-state index < -0.39 is 0 Å². The summed E-state index contributed by atoms with van der Waals surface area (Å²) in [6.07, 6.45) is 0. The van der Waals surface area contributed by atoms with Crippen LogP contribution in [0.5, 0.6) is 5.75 Å². The fourth-order valence-corrected chi connectivity index (χ4v) is 3.06. The highest BCUT2D eigenvalue weighted by Gasteiger charge is 2.10. The first-order valence-electron chi connectivity index (χ1n) is 5.35. The van der Waals surface area contributed by atoms with Crippen molar-refractivity contribution in [3.63, 3.8) is 0 Å². The van der Waals surface area contributed by atoms with Crippen molar-refractivity contribution < 1.29 is 4.74 Å². The van der Waals surface area contributed by atoms with Gasteiger partial charge in [-0.1, -0.05) is 12.1 Å². The molecule has 1 unspecified atom stereocenters. The topological polar surface area (TPSA) is 21.3 Å². The highest BCUT2D eigenvalue weighted by atomic mass is 79.9. The van der Waals surface area contributed by atoms with E-state index in [1.165, 1.54) is 4.88 Å². The van der Waals surface area contributed by atoms with E-state index in [1.807, 2.05) is 24.3 Å². The summed E-state index contributed by atoms with van der Waals surface area (Å²) in [4.78, 5) is 1.29. The molecular formula is C13H14BrNOS. The van der Waals surface area contributed by atoms with Crippen LogP contribution in [0.4, 0.5) is 5.69 Å². The summed E-state index contributed by atoms with van der Waals surface area (Å²) in [6.45, 7) is 2.14. The molecule has 2 aromatic rings. The van der Waals surface area contributed by atoms with E-state index in [2.05, 4.69) is 40.3 Å². The maximum absolute atomic E-state index is 5.32. The Morgan fingerprint density at radius 1 is 1.24 bits per heavy atom. The van der Waals surface area contributed by atoms with Crippen LogP contribution in [0.25, 0.3) is 0 Å². The van der Waals surface area contributed by atoms with Crippen molar-refractivity contribution in [1.82, 2.24) is 0 Å². The number of nitrogens with one attached hydrogen (secondary N) is 1. The molecule has 0 fully saturated rings. The van der Waals surface area contributed by atoms with E-state index >= 15 is 0 Å². The van der Waals surface area contributed by atoms with Crippen LogP contribution in [-0.2, 0) is 0 Å². The molecule has 1 N–H and O–H groups in total. The summed E-state index contributed by atoms with van der Waals surface area (Å²) < 4.78 is 6.47. The standard InChI is InChI=1S/C13H14BrNOS/c1-9(12-7-8-13(14)17-12)15-10-5-3-4-6-11(10)16-2/h3-9,15H,1-2H3. The first-order chi connectivity index (χ1) is 8.20. The number of hydrogen-bond acceptors (Lipinski definition) is 3. The Labute approximate surface area is 114 Å². The fraction of sp³-hybridized carbons (Fsp3) is 0.231. The summed E-state index contributed by atoms with van der Waals surface area (Å²) >= 11 is 5.22. The zero-order valence-corrected chi connectivity index (χ0v) is 12.1. The van der Waals surface area contributed by atoms with Crippen LogP contribution in [0.2, 0.25) is 0 Å². The van der Waals surface area contributed by atoms with Crippen LogP contribution in [-0.4, -0.2) is 7.11 Å². The molecule has 17 heavy (non-hydrogen) atoms. The van der Waals surface area contributed by atoms with Crippen molar-refractivity contribution in [1.29, 1.82) is 0 Å². The molecule has 90 valence electrons. The van der Waals surface area contributed by atoms with Gasteiger partial charge in [-0.15, -0.1) is 11.3 Å². The number of anilines is 1. The monoisotopic (exact) mass is 311 g/mol. The maximum atomic E-state index is 5.32. The molecule has 0 radical (unpaired) electrons. The largest absolute Gasteiger partial charge is 0.495 e. The van der Waals surface area contributed by atoms with Crippen LogP contribution >= 0.6 is 27.3 Å². The molecule has 0 bridgehead atoms. The quantitative estimate of drug-likeness (QED) is 0.884. The van der Waals surface area contributed by atoms with E-state index in [0.29, 0.717) is 0 Å². The molecule has 1 heterocycles. The van der Waals surface area contributed by atoms with E-state index in [9.17, 15) is 0 Å². The van der Waals surface area contributed by atoms with Crippen LogP contribution in [0.1, 0.15) is 17.8 Å². The lowest BCUT2D eigenvalue weighted by atomic mass is 10.2. The second-order valence-electron chi connectivity index (χ2n) is 3.71. The van der Waals surface area contributed by atoms with E-state index in [1.54, 1.807) is 18.4 Å². The predicted octanol–water partition coefficient (Wildman–Crippen LogP) is 4.69. The van der Waals surface area contributed by atoms with Crippen molar-refractivity contribution >= 4 is 33.0 Å². The molecule has 0 aliphatic rings.